The lowest BCUT2D eigenvalue weighted by Gasteiger charge is -2.25. The highest BCUT2D eigenvalue weighted by atomic mass is 19.4. The largest absolute Gasteiger partial charge is 0.418 e. The lowest BCUT2D eigenvalue weighted by molar-refractivity contribution is -0.137. The summed E-state index contributed by atoms with van der Waals surface area (Å²) in [7, 11) is 0. The van der Waals surface area contributed by atoms with Crippen LogP contribution in [0, 0.1) is 19.8 Å². The van der Waals surface area contributed by atoms with Crippen molar-refractivity contribution in [2.45, 2.75) is 33.9 Å². The fourth-order valence-electron chi connectivity index (χ4n) is 4.50. The lowest BCUT2D eigenvalue weighted by atomic mass is 10.1. The number of urea groups is 1. The lowest BCUT2D eigenvalue weighted by Crippen LogP contribution is -2.43. The number of hydrogen-bond donors (Lipinski definition) is 2. The average molecular weight is 564 g/mol. The summed E-state index contributed by atoms with van der Waals surface area (Å²) in [5.41, 5.74) is 2.96. The standard InChI is InChI=1S/C31H32F3N5O2/c1-20(2)18-38(30(41)35-25-13-9-8-12-24(25)31(32,33)34)19-29(40)36-28-17-26(23-10-6-5-7-11-23)37-39(28)27-15-14-21(3)16-22(27)4/h5-17,20H,18-19H2,1-4H3,(H,35,41)(H,36,40). The number of aryl methyl sites for hydroxylation is 2. The van der Waals surface area contributed by atoms with E-state index in [1.807, 2.05) is 76.2 Å². The van der Waals surface area contributed by atoms with Crippen molar-refractivity contribution in [3.63, 3.8) is 0 Å². The molecular weight excluding hydrogens is 531 g/mol. The molecule has 0 saturated heterocycles. The first-order valence-electron chi connectivity index (χ1n) is 13.2. The van der Waals surface area contributed by atoms with Gasteiger partial charge in [-0.05, 0) is 43.5 Å². The Morgan fingerprint density at radius 1 is 0.927 bits per heavy atom. The molecule has 2 N–H and O–H groups in total. The van der Waals surface area contributed by atoms with Crippen molar-refractivity contribution in [2.24, 2.45) is 5.92 Å². The van der Waals surface area contributed by atoms with Gasteiger partial charge in [0.05, 0.1) is 22.6 Å². The molecule has 3 aromatic carbocycles. The minimum atomic E-state index is -4.65. The molecule has 0 aliphatic heterocycles. The van der Waals surface area contributed by atoms with Gasteiger partial charge in [0.1, 0.15) is 12.4 Å². The molecule has 0 bridgehead atoms. The number of carbonyl (C=O) groups is 2. The Kier molecular flexibility index (Phi) is 8.80. The Labute approximate surface area is 237 Å². The maximum atomic E-state index is 13.5. The van der Waals surface area contributed by atoms with Gasteiger partial charge in [0.2, 0.25) is 5.91 Å². The van der Waals surface area contributed by atoms with Crippen LogP contribution in [-0.2, 0) is 11.0 Å². The molecule has 4 aromatic rings. The number of nitrogens with zero attached hydrogens (tertiary/aromatic N) is 3. The van der Waals surface area contributed by atoms with E-state index in [0.29, 0.717) is 11.5 Å². The van der Waals surface area contributed by atoms with E-state index in [1.165, 1.54) is 23.1 Å². The molecule has 0 atom stereocenters. The summed E-state index contributed by atoms with van der Waals surface area (Å²) in [5, 5.41) is 9.94. The maximum absolute atomic E-state index is 13.5. The maximum Gasteiger partial charge on any atom is 0.418 e. The number of rotatable bonds is 8. The van der Waals surface area contributed by atoms with Crippen LogP contribution in [0.3, 0.4) is 0 Å². The summed E-state index contributed by atoms with van der Waals surface area (Å²) in [6.07, 6.45) is -4.65. The first-order chi connectivity index (χ1) is 19.4. The van der Waals surface area contributed by atoms with Crippen molar-refractivity contribution in [3.8, 4) is 16.9 Å². The highest BCUT2D eigenvalue weighted by Crippen LogP contribution is 2.34. The fourth-order valence-corrected chi connectivity index (χ4v) is 4.50. The van der Waals surface area contributed by atoms with Crippen LogP contribution in [0.4, 0.5) is 29.5 Å². The number of aromatic nitrogens is 2. The Hall–Kier alpha value is -4.60. The van der Waals surface area contributed by atoms with Crippen molar-refractivity contribution in [1.29, 1.82) is 0 Å². The number of hydrogen-bond acceptors (Lipinski definition) is 3. The summed E-state index contributed by atoms with van der Waals surface area (Å²) in [6, 6.07) is 21.1. The van der Waals surface area contributed by atoms with E-state index >= 15 is 0 Å². The van der Waals surface area contributed by atoms with Gasteiger partial charge in [-0.2, -0.15) is 18.3 Å². The van der Waals surface area contributed by atoms with Gasteiger partial charge in [-0.1, -0.05) is 74.0 Å². The third-order valence-electron chi connectivity index (χ3n) is 6.31. The Balaban J connectivity index is 1.60. The van der Waals surface area contributed by atoms with E-state index in [-0.39, 0.29) is 24.7 Å². The summed E-state index contributed by atoms with van der Waals surface area (Å²) >= 11 is 0. The summed E-state index contributed by atoms with van der Waals surface area (Å²) in [4.78, 5) is 27.6. The van der Waals surface area contributed by atoms with Crippen LogP contribution in [-0.4, -0.2) is 39.7 Å². The second-order valence-electron chi connectivity index (χ2n) is 10.3. The second kappa shape index (κ2) is 12.3. The molecule has 4 rings (SSSR count). The summed E-state index contributed by atoms with van der Waals surface area (Å²) < 4.78 is 42.1. The molecule has 0 radical (unpaired) electrons. The summed E-state index contributed by atoms with van der Waals surface area (Å²) in [6.45, 7) is 7.41. The quantitative estimate of drug-likeness (QED) is 0.236. The minimum Gasteiger partial charge on any atom is -0.315 e. The Bertz CT molecular complexity index is 1530. The first kappa shape index (κ1) is 29.4. The van der Waals surface area contributed by atoms with E-state index < -0.39 is 23.7 Å². The van der Waals surface area contributed by atoms with Crippen LogP contribution >= 0.6 is 0 Å². The number of anilines is 2. The van der Waals surface area contributed by atoms with E-state index in [2.05, 4.69) is 10.6 Å². The molecule has 41 heavy (non-hydrogen) atoms. The van der Waals surface area contributed by atoms with Gasteiger partial charge < -0.3 is 15.5 Å². The number of nitrogens with one attached hydrogen (secondary N) is 2. The topological polar surface area (TPSA) is 79.3 Å². The average Bonchev–Trinajstić information content (AvgIpc) is 3.31. The normalized spacial score (nSPS) is 11.4. The second-order valence-corrected chi connectivity index (χ2v) is 10.3. The fraction of sp³-hybridized carbons (Fsp3) is 0.258. The van der Waals surface area contributed by atoms with E-state index in [4.69, 9.17) is 5.10 Å². The number of halogens is 3. The van der Waals surface area contributed by atoms with Crippen LogP contribution in [0.25, 0.3) is 16.9 Å². The molecule has 0 fully saturated rings. The van der Waals surface area contributed by atoms with Crippen molar-refractivity contribution in [2.75, 3.05) is 23.7 Å². The van der Waals surface area contributed by atoms with Gasteiger partial charge >= 0.3 is 12.2 Å². The number of amides is 3. The molecule has 0 aliphatic rings. The third kappa shape index (κ3) is 7.33. The monoisotopic (exact) mass is 563 g/mol. The highest BCUT2D eigenvalue weighted by molar-refractivity contribution is 5.97. The number of carbonyl (C=O) groups excluding carboxylic acids is 2. The van der Waals surface area contributed by atoms with Gasteiger partial charge in [-0.3, -0.25) is 4.79 Å². The zero-order chi connectivity index (χ0) is 29.7. The van der Waals surface area contributed by atoms with Crippen LogP contribution in [0.15, 0.2) is 78.9 Å². The third-order valence-corrected chi connectivity index (χ3v) is 6.31. The molecular formula is C31H32F3N5O2. The van der Waals surface area contributed by atoms with Gasteiger partial charge in [-0.15, -0.1) is 0 Å². The number of benzene rings is 3. The molecule has 10 heteroatoms. The van der Waals surface area contributed by atoms with Gasteiger partial charge in [0.25, 0.3) is 0 Å². The van der Waals surface area contributed by atoms with Gasteiger partial charge in [0, 0.05) is 18.2 Å². The zero-order valence-corrected chi connectivity index (χ0v) is 23.3. The minimum absolute atomic E-state index is 0.0446. The van der Waals surface area contributed by atoms with Gasteiger partial charge in [-0.25, -0.2) is 9.48 Å². The molecule has 0 saturated carbocycles. The van der Waals surface area contributed by atoms with Crippen molar-refractivity contribution < 1.29 is 22.8 Å². The Morgan fingerprint density at radius 3 is 2.27 bits per heavy atom. The molecule has 3 amide bonds. The highest BCUT2D eigenvalue weighted by Gasteiger charge is 2.34. The van der Waals surface area contributed by atoms with Crippen LogP contribution in [0.1, 0.15) is 30.5 Å². The van der Waals surface area contributed by atoms with Gasteiger partial charge in [0.15, 0.2) is 0 Å². The van der Waals surface area contributed by atoms with E-state index in [0.717, 1.165) is 28.4 Å². The SMILES string of the molecule is Cc1ccc(-n2nc(-c3ccccc3)cc2NC(=O)CN(CC(C)C)C(=O)Nc2ccccc2C(F)(F)F)c(C)c1. The molecule has 0 aliphatic carbocycles. The predicted molar refractivity (Wildman–Crippen MR) is 154 cm³/mol. The number of para-hydroxylation sites is 1. The van der Waals surface area contributed by atoms with Crippen LogP contribution in [0.2, 0.25) is 0 Å². The summed E-state index contributed by atoms with van der Waals surface area (Å²) in [5.74, 6) is -0.166. The molecule has 0 spiro atoms. The van der Waals surface area contributed by atoms with Crippen molar-refractivity contribution >= 4 is 23.4 Å². The van der Waals surface area contributed by atoms with Crippen molar-refractivity contribution in [1.82, 2.24) is 14.7 Å². The molecule has 1 heterocycles. The first-order valence-corrected chi connectivity index (χ1v) is 13.2. The van der Waals surface area contributed by atoms with Crippen LogP contribution in [0.5, 0.6) is 0 Å². The van der Waals surface area contributed by atoms with Crippen LogP contribution < -0.4 is 10.6 Å². The van der Waals surface area contributed by atoms with Crippen molar-refractivity contribution in [3.05, 3.63) is 95.6 Å². The zero-order valence-electron chi connectivity index (χ0n) is 23.3. The van der Waals surface area contributed by atoms with E-state index in [9.17, 15) is 22.8 Å². The molecule has 1 aromatic heterocycles. The Morgan fingerprint density at radius 2 is 1.61 bits per heavy atom. The number of alkyl halides is 3. The molecule has 214 valence electrons. The molecule has 0 unspecified atom stereocenters. The van der Waals surface area contributed by atoms with E-state index in [1.54, 1.807) is 10.7 Å². The smallest absolute Gasteiger partial charge is 0.315 e. The predicted octanol–water partition coefficient (Wildman–Crippen LogP) is 7.30. The molecule has 7 nitrogen and oxygen atoms in total.